The van der Waals surface area contributed by atoms with Crippen LogP contribution in [-0.2, 0) is 13.6 Å². The van der Waals surface area contributed by atoms with Crippen molar-refractivity contribution >= 4 is 28.7 Å². The minimum atomic E-state index is -0.288. The maximum Gasteiger partial charge on any atom is 0.287 e. The molecule has 3 aromatic heterocycles. The second kappa shape index (κ2) is 6.65. The SMILES string of the molecule is Cn1c(C(=O)NCc2ccoc2)nc2nc(-c3ccccc3)c(Cl)cc21. The zero-order valence-electron chi connectivity index (χ0n) is 13.9. The summed E-state index contributed by atoms with van der Waals surface area (Å²) >= 11 is 6.41. The van der Waals surface area contributed by atoms with Gasteiger partial charge in [0.25, 0.3) is 5.91 Å². The van der Waals surface area contributed by atoms with Gasteiger partial charge in [0.2, 0.25) is 5.82 Å². The summed E-state index contributed by atoms with van der Waals surface area (Å²) in [6, 6.07) is 13.2. The number of carbonyl (C=O) groups excluding carboxylic acids is 1. The number of hydrogen-bond acceptors (Lipinski definition) is 4. The van der Waals surface area contributed by atoms with E-state index in [-0.39, 0.29) is 11.7 Å². The van der Waals surface area contributed by atoms with Crippen molar-refractivity contribution < 1.29 is 9.21 Å². The van der Waals surface area contributed by atoms with Gasteiger partial charge in [-0.25, -0.2) is 9.97 Å². The lowest BCUT2D eigenvalue weighted by atomic mass is 10.1. The van der Waals surface area contributed by atoms with Crippen LogP contribution in [0, 0.1) is 0 Å². The van der Waals surface area contributed by atoms with Crippen molar-refractivity contribution in [3.63, 3.8) is 0 Å². The van der Waals surface area contributed by atoms with Crippen LogP contribution in [-0.4, -0.2) is 20.4 Å². The van der Waals surface area contributed by atoms with E-state index in [0.29, 0.717) is 28.4 Å². The highest BCUT2D eigenvalue weighted by Gasteiger charge is 2.18. The molecule has 0 saturated carbocycles. The summed E-state index contributed by atoms with van der Waals surface area (Å²) in [4.78, 5) is 21.4. The molecular weight excluding hydrogens is 352 g/mol. The van der Waals surface area contributed by atoms with Crippen LogP contribution in [0.4, 0.5) is 0 Å². The molecule has 0 spiro atoms. The number of imidazole rings is 1. The van der Waals surface area contributed by atoms with Crippen LogP contribution in [0.2, 0.25) is 5.02 Å². The Labute approximate surface area is 154 Å². The third-order valence-electron chi connectivity index (χ3n) is 4.11. The van der Waals surface area contributed by atoms with Gasteiger partial charge < -0.3 is 14.3 Å². The number of furan rings is 1. The molecule has 0 unspecified atom stereocenters. The van der Waals surface area contributed by atoms with Crippen LogP contribution in [0.1, 0.15) is 16.2 Å². The largest absolute Gasteiger partial charge is 0.472 e. The van der Waals surface area contributed by atoms with E-state index in [1.54, 1.807) is 36.3 Å². The molecule has 4 rings (SSSR count). The molecule has 1 amide bonds. The van der Waals surface area contributed by atoms with Crippen LogP contribution < -0.4 is 5.32 Å². The number of aryl methyl sites for hydroxylation is 1. The molecule has 0 aliphatic carbocycles. The molecule has 3 heterocycles. The highest BCUT2D eigenvalue weighted by molar-refractivity contribution is 6.33. The van der Waals surface area contributed by atoms with Gasteiger partial charge in [-0.15, -0.1) is 0 Å². The Balaban J connectivity index is 1.69. The third-order valence-corrected chi connectivity index (χ3v) is 4.40. The van der Waals surface area contributed by atoms with E-state index in [2.05, 4.69) is 15.3 Å². The number of nitrogens with one attached hydrogen (secondary N) is 1. The molecule has 1 aromatic carbocycles. The third kappa shape index (κ3) is 2.95. The van der Waals surface area contributed by atoms with Crippen molar-refractivity contribution in [2.45, 2.75) is 6.54 Å². The molecule has 6 nitrogen and oxygen atoms in total. The number of pyridine rings is 1. The minimum absolute atomic E-state index is 0.275. The number of nitrogens with zero attached hydrogens (tertiary/aromatic N) is 3. The first-order valence-corrected chi connectivity index (χ1v) is 8.39. The number of carbonyl (C=O) groups is 1. The predicted octanol–water partition coefficient (Wildman–Crippen LogP) is 3.81. The Morgan fingerprint density at radius 1 is 1.23 bits per heavy atom. The van der Waals surface area contributed by atoms with Crippen molar-refractivity contribution in [3.8, 4) is 11.3 Å². The zero-order valence-corrected chi connectivity index (χ0v) is 14.7. The summed E-state index contributed by atoms with van der Waals surface area (Å²) in [5, 5.41) is 3.33. The van der Waals surface area contributed by atoms with Crippen molar-refractivity contribution in [2.24, 2.45) is 7.05 Å². The van der Waals surface area contributed by atoms with Crippen LogP contribution >= 0.6 is 11.6 Å². The van der Waals surface area contributed by atoms with Gasteiger partial charge >= 0.3 is 0 Å². The molecule has 0 bridgehead atoms. The highest BCUT2D eigenvalue weighted by atomic mass is 35.5. The first-order valence-electron chi connectivity index (χ1n) is 8.01. The molecule has 0 aliphatic heterocycles. The lowest BCUT2D eigenvalue weighted by molar-refractivity contribution is 0.0938. The first-order chi connectivity index (χ1) is 12.6. The lowest BCUT2D eigenvalue weighted by Crippen LogP contribution is -2.25. The van der Waals surface area contributed by atoms with Gasteiger partial charge in [0.15, 0.2) is 5.65 Å². The molecule has 0 fully saturated rings. The van der Waals surface area contributed by atoms with Gasteiger partial charge in [-0.2, -0.15) is 0 Å². The van der Waals surface area contributed by atoms with E-state index in [9.17, 15) is 4.79 Å². The average Bonchev–Trinajstić information content (AvgIpc) is 3.28. The first kappa shape index (κ1) is 16.4. The fourth-order valence-electron chi connectivity index (χ4n) is 2.74. The Kier molecular flexibility index (Phi) is 4.18. The Bertz CT molecular complexity index is 1070. The van der Waals surface area contributed by atoms with Crippen molar-refractivity contribution in [1.82, 2.24) is 19.9 Å². The smallest absolute Gasteiger partial charge is 0.287 e. The van der Waals surface area contributed by atoms with Gasteiger partial charge in [0, 0.05) is 24.7 Å². The Morgan fingerprint density at radius 3 is 2.77 bits per heavy atom. The van der Waals surface area contributed by atoms with E-state index in [1.807, 2.05) is 30.3 Å². The number of hydrogen-bond donors (Lipinski definition) is 1. The van der Waals surface area contributed by atoms with Gasteiger partial charge in [-0.1, -0.05) is 41.9 Å². The second-order valence-electron chi connectivity index (χ2n) is 5.84. The summed E-state index contributed by atoms with van der Waals surface area (Å²) in [5.74, 6) is -0.0126. The summed E-state index contributed by atoms with van der Waals surface area (Å²) in [6.45, 7) is 0.363. The monoisotopic (exact) mass is 366 g/mol. The maximum atomic E-state index is 12.5. The Hall–Kier alpha value is -3.12. The standard InChI is InChI=1S/C19H15ClN4O2/c1-24-15-9-14(20)16(13-5-3-2-4-6-13)22-17(15)23-18(24)19(25)21-10-12-7-8-26-11-12/h2-9,11H,10H2,1H3,(H,21,25). The summed E-state index contributed by atoms with van der Waals surface area (Å²) in [5.41, 5.74) is 3.59. The number of benzene rings is 1. The fourth-order valence-corrected chi connectivity index (χ4v) is 3.00. The topological polar surface area (TPSA) is 73.0 Å². The van der Waals surface area contributed by atoms with Gasteiger partial charge in [-0.05, 0) is 12.1 Å². The van der Waals surface area contributed by atoms with E-state index in [4.69, 9.17) is 16.0 Å². The van der Waals surface area contributed by atoms with Crippen LogP contribution in [0.3, 0.4) is 0 Å². The number of aromatic nitrogens is 3. The Morgan fingerprint density at radius 2 is 2.04 bits per heavy atom. The van der Waals surface area contributed by atoms with E-state index >= 15 is 0 Å². The molecule has 1 N–H and O–H groups in total. The molecule has 130 valence electrons. The summed E-state index contributed by atoms with van der Waals surface area (Å²) < 4.78 is 6.68. The molecule has 26 heavy (non-hydrogen) atoms. The molecule has 0 radical (unpaired) electrons. The lowest BCUT2D eigenvalue weighted by Gasteiger charge is -2.05. The van der Waals surface area contributed by atoms with Crippen LogP contribution in [0.25, 0.3) is 22.4 Å². The molecule has 0 saturated heterocycles. The molecule has 7 heteroatoms. The zero-order chi connectivity index (χ0) is 18.1. The molecular formula is C19H15ClN4O2. The van der Waals surface area contributed by atoms with Crippen molar-refractivity contribution in [2.75, 3.05) is 0 Å². The van der Waals surface area contributed by atoms with Gasteiger partial charge in [0.05, 0.1) is 28.8 Å². The second-order valence-corrected chi connectivity index (χ2v) is 6.24. The quantitative estimate of drug-likeness (QED) is 0.596. The molecule has 0 atom stereocenters. The number of amides is 1. The molecule has 0 aliphatic rings. The van der Waals surface area contributed by atoms with Gasteiger partial charge in [-0.3, -0.25) is 4.79 Å². The fraction of sp³-hybridized carbons (Fsp3) is 0.105. The van der Waals surface area contributed by atoms with Crippen molar-refractivity contribution in [3.05, 3.63) is 71.4 Å². The minimum Gasteiger partial charge on any atom is -0.472 e. The normalized spacial score (nSPS) is 11.0. The predicted molar refractivity (Wildman–Crippen MR) is 98.8 cm³/mol. The highest BCUT2D eigenvalue weighted by Crippen LogP contribution is 2.29. The van der Waals surface area contributed by atoms with E-state index in [0.717, 1.165) is 11.1 Å². The molecule has 4 aromatic rings. The van der Waals surface area contributed by atoms with Crippen molar-refractivity contribution in [1.29, 1.82) is 0 Å². The number of rotatable bonds is 4. The van der Waals surface area contributed by atoms with E-state index < -0.39 is 0 Å². The number of halogens is 1. The van der Waals surface area contributed by atoms with E-state index in [1.165, 1.54) is 0 Å². The van der Waals surface area contributed by atoms with Crippen LogP contribution in [0.5, 0.6) is 0 Å². The maximum absolute atomic E-state index is 12.5. The van der Waals surface area contributed by atoms with Gasteiger partial charge in [0.1, 0.15) is 0 Å². The number of fused-ring (bicyclic) bond motifs is 1. The summed E-state index contributed by atoms with van der Waals surface area (Å²) in [7, 11) is 1.77. The average molecular weight is 367 g/mol. The van der Waals surface area contributed by atoms with Crippen LogP contribution in [0.15, 0.2) is 59.4 Å². The summed E-state index contributed by atoms with van der Waals surface area (Å²) in [6.07, 6.45) is 3.15.